The first kappa shape index (κ1) is 4.81. The molecule has 0 aromatic heterocycles. The van der Waals surface area contributed by atoms with Gasteiger partial charge in [0.15, 0.2) is 0 Å². The van der Waals surface area contributed by atoms with E-state index in [1.807, 2.05) is 12.2 Å². The van der Waals surface area contributed by atoms with E-state index < -0.39 is 9.04 Å². The van der Waals surface area contributed by atoms with Crippen LogP contribution in [0.5, 0.6) is 0 Å². The maximum atomic E-state index is 5.08. The lowest BCUT2D eigenvalue weighted by Gasteiger charge is -1.94. The highest BCUT2D eigenvalue weighted by Gasteiger charge is 2.00. The van der Waals surface area contributed by atoms with E-state index >= 15 is 0 Å². The van der Waals surface area contributed by atoms with Gasteiger partial charge in [-0.15, -0.1) is 0 Å². The second kappa shape index (κ2) is 2.09. The normalized spacial score (nSPS) is 19.0. The Kier molecular flexibility index (Phi) is 1.44. The van der Waals surface area contributed by atoms with Crippen molar-refractivity contribution < 1.29 is 4.43 Å². The molecule has 1 aliphatic heterocycles. The average Bonchev–Trinajstić information content (AvgIpc) is 2.14. The van der Waals surface area contributed by atoms with Crippen LogP contribution in [-0.2, 0) is 4.43 Å². The molecular formula is C5H8OSi. The molecule has 2 heteroatoms. The van der Waals surface area contributed by atoms with Gasteiger partial charge in [0, 0.05) is 7.11 Å². The van der Waals surface area contributed by atoms with Crippen molar-refractivity contribution in [1.29, 1.82) is 0 Å². The molecule has 0 amide bonds. The fourth-order valence-electron chi connectivity index (χ4n) is 0.569. The highest BCUT2D eigenvalue weighted by molar-refractivity contribution is 6.64. The Morgan fingerprint density at radius 1 is 1.29 bits per heavy atom. The predicted octanol–water partition coefficient (Wildman–Crippen LogP) is 0.561. The molecule has 1 aliphatic rings. The van der Waals surface area contributed by atoms with E-state index in [4.69, 9.17) is 4.43 Å². The van der Waals surface area contributed by atoms with Gasteiger partial charge < -0.3 is 4.43 Å². The average molecular weight is 112 g/mol. The van der Waals surface area contributed by atoms with Gasteiger partial charge in [-0.2, -0.15) is 0 Å². The summed E-state index contributed by atoms with van der Waals surface area (Å²) in [4.78, 5) is 0. The van der Waals surface area contributed by atoms with Crippen molar-refractivity contribution in [2.24, 2.45) is 0 Å². The summed E-state index contributed by atoms with van der Waals surface area (Å²) in [6.45, 7) is 0. The molecule has 0 aromatic carbocycles. The summed E-state index contributed by atoms with van der Waals surface area (Å²) < 4.78 is 5.08. The quantitative estimate of drug-likeness (QED) is 0.450. The van der Waals surface area contributed by atoms with Crippen LogP contribution in [-0.4, -0.2) is 16.2 Å². The Hall–Kier alpha value is -0.343. The van der Waals surface area contributed by atoms with Crippen LogP contribution in [0.2, 0.25) is 0 Å². The number of allylic oxidation sites excluding steroid dienone is 2. The first-order valence-corrected chi connectivity index (χ1v) is 4.12. The van der Waals surface area contributed by atoms with Crippen LogP contribution < -0.4 is 0 Å². The van der Waals surface area contributed by atoms with E-state index in [0.717, 1.165) is 0 Å². The molecule has 0 N–H and O–H groups in total. The molecule has 0 atom stereocenters. The van der Waals surface area contributed by atoms with Crippen molar-refractivity contribution in [3.63, 3.8) is 0 Å². The second-order valence-corrected chi connectivity index (χ2v) is 3.64. The SMILES string of the molecule is CO[SiH]1C=CC=C1. The fraction of sp³-hybridized carbons (Fsp3) is 0.200. The van der Waals surface area contributed by atoms with E-state index in [1.165, 1.54) is 0 Å². The topological polar surface area (TPSA) is 9.23 Å². The summed E-state index contributed by atoms with van der Waals surface area (Å²) in [6.07, 6.45) is 4.08. The van der Waals surface area contributed by atoms with Crippen molar-refractivity contribution in [1.82, 2.24) is 0 Å². The van der Waals surface area contributed by atoms with E-state index in [1.54, 1.807) is 7.11 Å². The monoisotopic (exact) mass is 112 g/mol. The highest BCUT2D eigenvalue weighted by Crippen LogP contribution is 1.96. The number of hydrogen-bond acceptors (Lipinski definition) is 1. The van der Waals surface area contributed by atoms with Gasteiger partial charge in [0.05, 0.1) is 0 Å². The molecule has 1 nitrogen and oxygen atoms in total. The molecule has 0 aromatic rings. The smallest absolute Gasteiger partial charge is 0.225 e. The van der Waals surface area contributed by atoms with Crippen molar-refractivity contribution in [3.05, 3.63) is 23.6 Å². The van der Waals surface area contributed by atoms with Gasteiger partial charge in [-0.25, -0.2) is 0 Å². The van der Waals surface area contributed by atoms with Crippen LogP contribution in [0.3, 0.4) is 0 Å². The van der Waals surface area contributed by atoms with Crippen molar-refractivity contribution >= 4 is 9.04 Å². The summed E-state index contributed by atoms with van der Waals surface area (Å²) >= 11 is 0. The van der Waals surface area contributed by atoms with Crippen LogP contribution in [0.4, 0.5) is 0 Å². The lowest BCUT2D eigenvalue weighted by atomic mass is 10.6. The molecule has 0 saturated carbocycles. The van der Waals surface area contributed by atoms with E-state index in [2.05, 4.69) is 11.4 Å². The van der Waals surface area contributed by atoms with Crippen molar-refractivity contribution in [2.45, 2.75) is 0 Å². The van der Waals surface area contributed by atoms with Crippen LogP contribution in [0.1, 0.15) is 0 Å². The highest BCUT2D eigenvalue weighted by atomic mass is 28.3. The minimum atomic E-state index is -0.921. The van der Waals surface area contributed by atoms with E-state index in [9.17, 15) is 0 Å². The second-order valence-electron chi connectivity index (χ2n) is 1.47. The third kappa shape index (κ3) is 1.01. The number of rotatable bonds is 1. The third-order valence-corrected chi connectivity index (χ3v) is 2.73. The van der Waals surface area contributed by atoms with Crippen LogP contribution in [0.25, 0.3) is 0 Å². The van der Waals surface area contributed by atoms with Crippen molar-refractivity contribution in [3.8, 4) is 0 Å². The van der Waals surface area contributed by atoms with Gasteiger partial charge in [0.2, 0.25) is 9.04 Å². The fourth-order valence-corrected chi connectivity index (χ4v) is 1.71. The van der Waals surface area contributed by atoms with Crippen LogP contribution in [0.15, 0.2) is 23.6 Å². The van der Waals surface area contributed by atoms with Gasteiger partial charge in [-0.1, -0.05) is 23.6 Å². The molecule has 1 rings (SSSR count). The van der Waals surface area contributed by atoms with Gasteiger partial charge in [0.25, 0.3) is 0 Å². The molecule has 1 heterocycles. The van der Waals surface area contributed by atoms with Crippen LogP contribution in [0, 0.1) is 0 Å². The molecule has 0 aliphatic carbocycles. The Balaban J connectivity index is 2.44. The molecular weight excluding hydrogens is 104 g/mol. The summed E-state index contributed by atoms with van der Waals surface area (Å²) in [6, 6.07) is 0. The summed E-state index contributed by atoms with van der Waals surface area (Å²) in [5.74, 6) is 0. The third-order valence-electron chi connectivity index (χ3n) is 0.985. The molecule has 0 fully saturated rings. The van der Waals surface area contributed by atoms with E-state index in [-0.39, 0.29) is 0 Å². The molecule has 38 valence electrons. The lowest BCUT2D eigenvalue weighted by Crippen LogP contribution is -2.05. The first-order chi connectivity index (χ1) is 3.43. The summed E-state index contributed by atoms with van der Waals surface area (Å²) in [7, 11) is 0.840. The Bertz CT molecular complexity index is 94.6. The van der Waals surface area contributed by atoms with Gasteiger partial charge in [-0.3, -0.25) is 0 Å². The maximum absolute atomic E-state index is 5.08. The zero-order chi connectivity index (χ0) is 5.11. The molecule has 0 unspecified atom stereocenters. The molecule has 0 spiro atoms. The summed E-state index contributed by atoms with van der Waals surface area (Å²) in [5, 5.41) is 0. The molecule has 0 radical (unpaired) electrons. The van der Waals surface area contributed by atoms with Crippen LogP contribution >= 0.6 is 0 Å². The summed E-state index contributed by atoms with van der Waals surface area (Å²) in [5.41, 5.74) is 4.28. The Morgan fingerprint density at radius 3 is 2.14 bits per heavy atom. The van der Waals surface area contributed by atoms with Gasteiger partial charge in [0.1, 0.15) is 0 Å². The molecule has 0 bridgehead atoms. The van der Waals surface area contributed by atoms with Gasteiger partial charge in [-0.05, 0) is 0 Å². The first-order valence-electron chi connectivity index (χ1n) is 2.31. The maximum Gasteiger partial charge on any atom is 0.225 e. The van der Waals surface area contributed by atoms with Gasteiger partial charge >= 0.3 is 0 Å². The predicted molar refractivity (Wildman–Crippen MR) is 32.4 cm³/mol. The zero-order valence-corrected chi connectivity index (χ0v) is 5.45. The lowest BCUT2D eigenvalue weighted by molar-refractivity contribution is 0.438. The zero-order valence-electron chi connectivity index (χ0n) is 4.29. The minimum Gasteiger partial charge on any atom is -0.415 e. The van der Waals surface area contributed by atoms with E-state index in [0.29, 0.717) is 0 Å². The molecule has 7 heavy (non-hydrogen) atoms. The Morgan fingerprint density at radius 2 is 1.86 bits per heavy atom. The standard InChI is InChI=1S/C5H8OSi/c1-6-7-4-2-3-5-7/h2-5,7H,1H3. The molecule has 0 saturated heterocycles. The minimum absolute atomic E-state index is 0.921. The number of hydrogen-bond donors (Lipinski definition) is 0. The van der Waals surface area contributed by atoms with Crippen molar-refractivity contribution in [2.75, 3.05) is 7.11 Å². The Labute approximate surface area is 45.0 Å². The largest absolute Gasteiger partial charge is 0.415 e.